The summed E-state index contributed by atoms with van der Waals surface area (Å²) in [4.78, 5) is 6.79. The molecule has 2 N–H and O–H groups in total. The smallest absolute Gasteiger partial charge is 0.153 e. The van der Waals surface area contributed by atoms with Gasteiger partial charge in [-0.3, -0.25) is 0 Å². The lowest BCUT2D eigenvalue weighted by Gasteiger charge is -2.18. The van der Waals surface area contributed by atoms with Crippen LogP contribution in [0.25, 0.3) is 5.52 Å². The van der Waals surface area contributed by atoms with Gasteiger partial charge >= 0.3 is 0 Å². The van der Waals surface area contributed by atoms with Crippen LogP contribution in [-0.4, -0.2) is 28.5 Å². The van der Waals surface area contributed by atoms with Crippen molar-refractivity contribution >= 4 is 11.3 Å². The molecule has 1 atom stereocenters. The maximum Gasteiger partial charge on any atom is 0.153 e. The number of anilines is 1. The Morgan fingerprint density at radius 1 is 1.44 bits per heavy atom. The molecule has 0 aromatic carbocycles. The third-order valence-electron chi connectivity index (χ3n) is 3.28. The first-order valence-corrected chi connectivity index (χ1v) is 5.68. The molecule has 0 radical (unpaired) electrons. The van der Waals surface area contributed by atoms with Crippen molar-refractivity contribution in [1.82, 2.24) is 9.38 Å². The predicted octanol–water partition coefficient (Wildman–Crippen LogP) is 1.18. The van der Waals surface area contributed by atoms with E-state index < -0.39 is 0 Å². The van der Waals surface area contributed by atoms with Crippen molar-refractivity contribution < 1.29 is 0 Å². The standard InChI is InChI=1S/C12H16N4/c1-9-2-5-15-7-4-14-12(11(9)15)16-6-3-10(13)8-16/h2,4-5,7,10H,3,6,8,13H2,1H3. The third-order valence-corrected chi connectivity index (χ3v) is 3.28. The zero-order chi connectivity index (χ0) is 11.1. The molecule has 0 aliphatic carbocycles. The lowest BCUT2D eigenvalue weighted by Crippen LogP contribution is -2.27. The number of rotatable bonds is 1. The van der Waals surface area contributed by atoms with Crippen LogP contribution in [-0.2, 0) is 0 Å². The molecule has 3 rings (SSSR count). The third kappa shape index (κ3) is 1.38. The van der Waals surface area contributed by atoms with Crippen LogP contribution < -0.4 is 10.6 Å². The Kier molecular flexibility index (Phi) is 2.11. The van der Waals surface area contributed by atoms with Gasteiger partial charge in [-0.05, 0) is 25.0 Å². The Hall–Kier alpha value is -1.55. The van der Waals surface area contributed by atoms with Crippen LogP contribution >= 0.6 is 0 Å². The van der Waals surface area contributed by atoms with E-state index in [2.05, 4.69) is 33.5 Å². The molecule has 16 heavy (non-hydrogen) atoms. The van der Waals surface area contributed by atoms with Crippen molar-refractivity contribution in [2.75, 3.05) is 18.0 Å². The predicted molar refractivity (Wildman–Crippen MR) is 64.7 cm³/mol. The van der Waals surface area contributed by atoms with Crippen LogP contribution in [0.3, 0.4) is 0 Å². The number of fused-ring (bicyclic) bond motifs is 1. The average Bonchev–Trinajstić information content (AvgIpc) is 2.86. The Bertz CT molecular complexity index is 517. The summed E-state index contributed by atoms with van der Waals surface area (Å²) in [7, 11) is 0. The van der Waals surface area contributed by atoms with Gasteiger partial charge in [-0.2, -0.15) is 0 Å². The van der Waals surface area contributed by atoms with Gasteiger partial charge in [-0.15, -0.1) is 0 Å². The molecular weight excluding hydrogens is 200 g/mol. The second-order valence-electron chi connectivity index (χ2n) is 4.50. The molecule has 4 heteroatoms. The minimum absolute atomic E-state index is 0.289. The van der Waals surface area contributed by atoms with Crippen LogP contribution in [0.1, 0.15) is 12.0 Å². The summed E-state index contributed by atoms with van der Waals surface area (Å²) in [6.07, 6.45) is 6.97. The van der Waals surface area contributed by atoms with Crippen molar-refractivity contribution in [3.05, 3.63) is 30.2 Å². The number of hydrogen-bond acceptors (Lipinski definition) is 3. The van der Waals surface area contributed by atoms with Crippen molar-refractivity contribution in [2.24, 2.45) is 5.73 Å². The van der Waals surface area contributed by atoms with Crippen LogP contribution in [0.5, 0.6) is 0 Å². The number of hydrogen-bond donors (Lipinski definition) is 1. The summed E-state index contributed by atoms with van der Waals surface area (Å²) in [5, 5.41) is 0. The summed E-state index contributed by atoms with van der Waals surface area (Å²) in [6, 6.07) is 2.41. The number of aryl methyl sites for hydroxylation is 1. The molecule has 4 nitrogen and oxygen atoms in total. The average molecular weight is 216 g/mol. The molecule has 1 aliphatic rings. The molecule has 1 aliphatic heterocycles. The Morgan fingerprint density at radius 3 is 3.06 bits per heavy atom. The molecule has 2 aromatic rings. The first-order valence-electron chi connectivity index (χ1n) is 5.68. The van der Waals surface area contributed by atoms with Crippen LogP contribution in [0.15, 0.2) is 24.7 Å². The van der Waals surface area contributed by atoms with E-state index in [4.69, 9.17) is 5.73 Å². The van der Waals surface area contributed by atoms with Gasteiger partial charge in [-0.1, -0.05) is 0 Å². The van der Waals surface area contributed by atoms with Gasteiger partial charge in [-0.25, -0.2) is 4.98 Å². The van der Waals surface area contributed by atoms with Gasteiger partial charge in [0.15, 0.2) is 5.82 Å². The maximum atomic E-state index is 5.94. The molecular formula is C12H16N4. The number of nitrogens with zero attached hydrogens (tertiary/aromatic N) is 3. The second-order valence-corrected chi connectivity index (χ2v) is 4.50. The van der Waals surface area contributed by atoms with Gasteiger partial charge in [0.25, 0.3) is 0 Å². The minimum Gasteiger partial charge on any atom is -0.353 e. The summed E-state index contributed by atoms with van der Waals surface area (Å²) in [6.45, 7) is 4.05. The Morgan fingerprint density at radius 2 is 2.31 bits per heavy atom. The molecule has 1 fully saturated rings. The van der Waals surface area contributed by atoms with E-state index in [9.17, 15) is 0 Å². The van der Waals surface area contributed by atoms with Crippen molar-refractivity contribution in [3.8, 4) is 0 Å². The van der Waals surface area contributed by atoms with E-state index in [0.29, 0.717) is 0 Å². The molecule has 0 amide bonds. The minimum atomic E-state index is 0.289. The fourth-order valence-corrected chi connectivity index (χ4v) is 2.41. The lowest BCUT2D eigenvalue weighted by molar-refractivity contribution is 0.751. The van der Waals surface area contributed by atoms with E-state index in [1.54, 1.807) is 0 Å². The normalized spacial score (nSPS) is 20.9. The zero-order valence-corrected chi connectivity index (χ0v) is 9.43. The van der Waals surface area contributed by atoms with E-state index >= 15 is 0 Å². The second kappa shape index (κ2) is 3.49. The van der Waals surface area contributed by atoms with Crippen LogP contribution in [0.4, 0.5) is 5.82 Å². The van der Waals surface area contributed by atoms with Crippen molar-refractivity contribution in [2.45, 2.75) is 19.4 Å². The highest BCUT2D eigenvalue weighted by atomic mass is 15.2. The quantitative estimate of drug-likeness (QED) is 0.778. The highest BCUT2D eigenvalue weighted by molar-refractivity contribution is 5.73. The van der Waals surface area contributed by atoms with Gasteiger partial charge in [0.05, 0.1) is 5.52 Å². The monoisotopic (exact) mass is 216 g/mol. The summed E-state index contributed by atoms with van der Waals surface area (Å²) >= 11 is 0. The van der Waals surface area contributed by atoms with Gasteiger partial charge < -0.3 is 15.0 Å². The van der Waals surface area contributed by atoms with Crippen LogP contribution in [0, 0.1) is 6.92 Å². The first kappa shape index (κ1) is 9.66. The molecule has 1 saturated heterocycles. The number of nitrogens with two attached hydrogens (primary N) is 1. The SMILES string of the molecule is Cc1ccn2ccnc(N3CCC(N)C3)c12. The summed E-state index contributed by atoms with van der Waals surface area (Å²) < 4.78 is 2.13. The molecule has 0 saturated carbocycles. The summed E-state index contributed by atoms with van der Waals surface area (Å²) in [5.74, 6) is 1.07. The van der Waals surface area contributed by atoms with E-state index in [1.165, 1.54) is 11.1 Å². The Labute approximate surface area is 94.7 Å². The van der Waals surface area contributed by atoms with Gasteiger partial charge in [0, 0.05) is 37.7 Å². The topological polar surface area (TPSA) is 46.6 Å². The molecule has 0 spiro atoms. The number of aromatic nitrogens is 2. The first-order chi connectivity index (χ1) is 7.75. The highest BCUT2D eigenvalue weighted by Crippen LogP contribution is 2.25. The largest absolute Gasteiger partial charge is 0.353 e. The molecule has 3 heterocycles. The highest BCUT2D eigenvalue weighted by Gasteiger charge is 2.22. The van der Waals surface area contributed by atoms with E-state index in [-0.39, 0.29) is 6.04 Å². The van der Waals surface area contributed by atoms with Gasteiger partial charge in [0.2, 0.25) is 0 Å². The fraction of sp³-hybridized carbons (Fsp3) is 0.417. The van der Waals surface area contributed by atoms with Crippen LogP contribution in [0.2, 0.25) is 0 Å². The van der Waals surface area contributed by atoms with E-state index in [1.807, 2.05) is 12.4 Å². The molecule has 1 unspecified atom stereocenters. The molecule has 0 bridgehead atoms. The molecule has 2 aromatic heterocycles. The Balaban J connectivity index is 2.12. The summed E-state index contributed by atoms with van der Waals surface area (Å²) in [5.41, 5.74) is 8.42. The van der Waals surface area contributed by atoms with Crippen molar-refractivity contribution in [1.29, 1.82) is 0 Å². The zero-order valence-electron chi connectivity index (χ0n) is 9.43. The van der Waals surface area contributed by atoms with E-state index in [0.717, 1.165) is 25.3 Å². The lowest BCUT2D eigenvalue weighted by atomic mass is 10.3. The molecule has 84 valence electrons. The fourth-order valence-electron chi connectivity index (χ4n) is 2.41. The van der Waals surface area contributed by atoms with Crippen molar-refractivity contribution in [3.63, 3.8) is 0 Å². The van der Waals surface area contributed by atoms with Gasteiger partial charge in [0.1, 0.15) is 0 Å². The maximum absolute atomic E-state index is 5.94.